The van der Waals surface area contributed by atoms with Crippen LogP contribution in [-0.2, 0) is 0 Å². The predicted molar refractivity (Wildman–Crippen MR) is 87.4 cm³/mol. The van der Waals surface area contributed by atoms with Gasteiger partial charge in [-0.25, -0.2) is 4.79 Å². The maximum Gasteiger partial charge on any atom is 0.343 e. The van der Waals surface area contributed by atoms with E-state index in [2.05, 4.69) is 4.98 Å². The van der Waals surface area contributed by atoms with E-state index >= 15 is 0 Å². The molecule has 0 atom stereocenters. The van der Waals surface area contributed by atoms with Crippen molar-refractivity contribution in [1.82, 2.24) is 4.98 Å². The number of aryl methyl sites for hydroxylation is 1. The fraction of sp³-hybridized carbons (Fsp3) is 0.0588. The number of rotatable bonds is 3. The summed E-state index contributed by atoms with van der Waals surface area (Å²) in [6.45, 7) is 1.88. The van der Waals surface area contributed by atoms with E-state index in [1.165, 1.54) is 30.3 Å². The van der Waals surface area contributed by atoms with Gasteiger partial charge in [-0.2, -0.15) is 0 Å². The van der Waals surface area contributed by atoms with Crippen LogP contribution in [0.4, 0.5) is 5.69 Å². The molecule has 0 amide bonds. The number of pyridine rings is 1. The van der Waals surface area contributed by atoms with Gasteiger partial charge >= 0.3 is 5.97 Å². The summed E-state index contributed by atoms with van der Waals surface area (Å²) >= 11 is 0. The van der Waals surface area contributed by atoms with Crippen molar-refractivity contribution in [2.24, 2.45) is 0 Å². The summed E-state index contributed by atoms with van der Waals surface area (Å²) in [7, 11) is 0. The Kier molecular flexibility index (Phi) is 3.83. The highest BCUT2D eigenvalue weighted by molar-refractivity contribution is 5.94. The number of esters is 1. The molecule has 0 aliphatic heterocycles. The molecule has 0 saturated carbocycles. The van der Waals surface area contributed by atoms with E-state index in [-0.39, 0.29) is 17.0 Å². The highest BCUT2D eigenvalue weighted by Crippen LogP contribution is 2.24. The van der Waals surface area contributed by atoms with Crippen LogP contribution in [0.3, 0.4) is 0 Å². The van der Waals surface area contributed by atoms with Gasteiger partial charge in [-0.15, -0.1) is 0 Å². The molecule has 1 aromatic heterocycles. The molecule has 0 saturated heterocycles. The van der Waals surface area contributed by atoms with Gasteiger partial charge in [-0.1, -0.05) is 11.6 Å². The second-order valence-electron chi connectivity index (χ2n) is 5.24. The minimum absolute atomic E-state index is 0.121. The molecular formula is C17H12N2O5. The van der Waals surface area contributed by atoms with Crippen LogP contribution in [0.5, 0.6) is 5.75 Å². The fourth-order valence-electron chi connectivity index (χ4n) is 2.30. The van der Waals surface area contributed by atoms with Crippen LogP contribution in [0.1, 0.15) is 15.9 Å². The molecule has 1 heterocycles. The second kappa shape index (κ2) is 5.96. The van der Waals surface area contributed by atoms with Crippen molar-refractivity contribution in [1.29, 1.82) is 0 Å². The Morgan fingerprint density at radius 3 is 2.50 bits per heavy atom. The van der Waals surface area contributed by atoms with E-state index in [4.69, 9.17) is 4.74 Å². The average molecular weight is 324 g/mol. The molecule has 7 heteroatoms. The number of H-pyrrole nitrogens is 1. The first kappa shape index (κ1) is 15.4. The van der Waals surface area contributed by atoms with Gasteiger partial charge < -0.3 is 9.72 Å². The Bertz CT molecular complexity index is 1010. The smallest absolute Gasteiger partial charge is 0.343 e. The summed E-state index contributed by atoms with van der Waals surface area (Å²) in [4.78, 5) is 36.7. The van der Waals surface area contributed by atoms with E-state index in [9.17, 15) is 19.7 Å². The number of benzene rings is 2. The molecule has 0 unspecified atom stereocenters. The lowest BCUT2D eigenvalue weighted by atomic mass is 10.1. The van der Waals surface area contributed by atoms with Crippen LogP contribution in [0.15, 0.2) is 53.3 Å². The van der Waals surface area contributed by atoms with E-state index < -0.39 is 16.5 Å². The third kappa shape index (κ3) is 3.00. The Balaban J connectivity index is 1.97. The van der Waals surface area contributed by atoms with Gasteiger partial charge in [0, 0.05) is 23.6 Å². The minimum Gasteiger partial charge on any atom is -0.422 e. The van der Waals surface area contributed by atoms with Gasteiger partial charge in [0.2, 0.25) is 0 Å². The van der Waals surface area contributed by atoms with Gasteiger partial charge in [-0.3, -0.25) is 14.9 Å². The maximum atomic E-state index is 12.2. The largest absolute Gasteiger partial charge is 0.422 e. The molecule has 0 fully saturated rings. The topological polar surface area (TPSA) is 102 Å². The highest BCUT2D eigenvalue weighted by atomic mass is 16.6. The number of carbonyl (C=O) groups excluding carboxylic acids is 1. The van der Waals surface area contributed by atoms with Crippen molar-refractivity contribution in [3.63, 3.8) is 0 Å². The molecule has 0 bridgehead atoms. The van der Waals surface area contributed by atoms with E-state index in [0.29, 0.717) is 10.9 Å². The number of hydrogen-bond donors (Lipinski definition) is 1. The summed E-state index contributed by atoms with van der Waals surface area (Å²) in [5, 5.41) is 11.2. The van der Waals surface area contributed by atoms with Crippen LogP contribution < -0.4 is 10.3 Å². The number of nitrogens with one attached hydrogen (secondary N) is 1. The van der Waals surface area contributed by atoms with Crippen molar-refractivity contribution in [2.75, 3.05) is 0 Å². The first-order valence-corrected chi connectivity index (χ1v) is 7.04. The van der Waals surface area contributed by atoms with Crippen molar-refractivity contribution < 1.29 is 14.5 Å². The number of nitro groups is 1. The Morgan fingerprint density at radius 2 is 1.83 bits per heavy atom. The first-order chi connectivity index (χ1) is 11.4. The number of ether oxygens (including phenoxy) is 1. The Hall–Kier alpha value is -3.48. The Morgan fingerprint density at radius 1 is 1.12 bits per heavy atom. The molecule has 120 valence electrons. The molecule has 3 rings (SSSR count). The lowest BCUT2D eigenvalue weighted by Crippen LogP contribution is -2.12. The number of nitro benzene ring substituents is 1. The average Bonchev–Trinajstić information content (AvgIpc) is 2.55. The zero-order valence-electron chi connectivity index (χ0n) is 12.6. The van der Waals surface area contributed by atoms with Crippen molar-refractivity contribution in [3.05, 3.63) is 80.1 Å². The molecular weight excluding hydrogens is 312 g/mol. The summed E-state index contributed by atoms with van der Waals surface area (Å²) < 4.78 is 5.32. The molecule has 7 nitrogen and oxygen atoms in total. The number of hydrogen-bond acceptors (Lipinski definition) is 5. The standard InChI is InChI=1S/C17H12N2O5/c1-10-2-7-14-13(8-10)15(9-16(20)18-14)24-17(21)11-3-5-12(6-4-11)19(22)23/h2-9H,1H3,(H,18,20). The minimum atomic E-state index is -0.696. The quantitative estimate of drug-likeness (QED) is 0.453. The number of aromatic amines is 1. The number of non-ortho nitro benzene ring substituents is 1. The Labute approximate surface area is 135 Å². The molecule has 0 radical (unpaired) electrons. The molecule has 0 aliphatic carbocycles. The lowest BCUT2D eigenvalue weighted by Gasteiger charge is -2.08. The number of carbonyl (C=O) groups is 1. The van der Waals surface area contributed by atoms with E-state index in [1.54, 1.807) is 12.1 Å². The highest BCUT2D eigenvalue weighted by Gasteiger charge is 2.14. The fourth-order valence-corrected chi connectivity index (χ4v) is 2.30. The van der Waals surface area contributed by atoms with Crippen molar-refractivity contribution >= 4 is 22.6 Å². The van der Waals surface area contributed by atoms with E-state index in [1.807, 2.05) is 13.0 Å². The van der Waals surface area contributed by atoms with Gasteiger partial charge in [0.1, 0.15) is 5.75 Å². The third-order valence-electron chi connectivity index (χ3n) is 3.48. The maximum absolute atomic E-state index is 12.2. The summed E-state index contributed by atoms with van der Waals surface area (Å²) in [5.41, 5.74) is 1.14. The molecule has 2 aromatic carbocycles. The van der Waals surface area contributed by atoms with Crippen LogP contribution in [0.2, 0.25) is 0 Å². The predicted octanol–water partition coefficient (Wildman–Crippen LogP) is 2.96. The normalized spacial score (nSPS) is 10.5. The van der Waals surface area contributed by atoms with Crippen molar-refractivity contribution in [3.8, 4) is 5.75 Å². The zero-order chi connectivity index (χ0) is 17.3. The van der Waals surface area contributed by atoms with Crippen LogP contribution in [-0.4, -0.2) is 15.9 Å². The first-order valence-electron chi connectivity index (χ1n) is 7.04. The number of aromatic nitrogens is 1. The molecule has 0 aliphatic rings. The van der Waals surface area contributed by atoms with Crippen LogP contribution >= 0.6 is 0 Å². The van der Waals surface area contributed by atoms with E-state index in [0.717, 1.165) is 5.56 Å². The third-order valence-corrected chi connectivity index (χ3v) is 3.48. The van der Waals surface area contributed by atoms with Crippen LogP contribution in [0.25, 0.3) is 10.9 Å². The van der Waals surface area contributed by atoms with Crippen molar-refractivity contribution in [2.45, 2.75) is 6.92 Å². The monoisotopic (exact) mass is 324 g/mol. The molecule has 24 heavy (non-hydrogen) atoms. The number of nitrogens with zero attached hydrogens (tertiary/aromatic N) is 1. The molecule has 3 aromatic rings. The van der Waals surface area contributed by atoms with Crippen LogP contribution in [0, 0.1) is 17.0 Å². The van der Waals surface area contributed by atoms with Gasteiger partial charge in [0.05, 0.1) is 16.0 Å². The SMILES string of the molecule is Cc1ccc2[nH]c(=O)cc(OC(=O)c3ccc([N+](=O)[O-])cc3)c2c1. The summed E-state index contributed by atoms with van der Waals surface area (Å²) in [6.07, 6.45) is 0. The lowest BCUT2D eigenvalue weighted by molar-refractivity contribution is -0.384. The number of fused-ring (bicyclic) bond motifs is 1. The molecule has 0 spiro atoms. The molecule has 1 N–H and O–H groups in total. The second-order valence-corrected chi connectivity index (χ2v) is 5.24. The van der Waals surface area contributed by atoms with Gasteiger partial charge in [0.25, 0.3) is 11.2 Å². The van der Waals surface area contributed by atoms with Gasteiger partial charge in [-0.05, 0) is 31.2 Å². The van der Waals surface area contributed by atoms with Gasteiger partial charge in [0.15, 0.2) is 0 Å². The summed E-state index contributed by atoms with van der Waals surface area (Å²) in [5.74, 6) is -0.556. The zero-order valence-corrected chi connectivity index (χ0v) is 12.6. The summed E-state index contributed by atoms with van der Waals surface area (Å²) in [6, 6.07) is 11.6.